The molecule has 1 nitrogen and oxygen atoms in total. The number of aromatic nitrogens is 1. The lowest BCUT2D eigenvalue weighted by molar-refractivity contribution is 0.590. The van der Waals surface area contributed by atoms with Gasteiger partial charge >= 0.3 is 0 Å². The molecule has 1 heteroatoms. The first-order chi connectivity index (χ1) is 11.5. The zero-order valence-electron chi connectivity index (χ0n) is 14.5. The molecule has 0 spiro atoms. The first-order valence-corrected chi connectivity index (χ1v) is 8.32. The van der Waals surface area contributed by atoms with Crippen LogP contribution in [0.3, 0.4) is 0 Å². The van der Waals surface area contributed by atoms with E-state index in [-0.39, 0.29) is 5.41 Å². The van der Waals surface area contributed by atoms with Gasteiger partial charge in [-0.2, -0.15) is 0 Å². The van der Waals surface area contributed by atoms with Gasteiger partial charge in [-0.3, -0.25) is 4.98 Å². The molecular formula is C23H23N. The van der Waals surface area contributed by atoms with Gasteiger partial charge < -0.3 is 0 Å². The average Bonchev–Trinajstić information content (AvgIpc) is 2.61. The molecule has 24 heavy (non-hydrogen) atoms. The van der Waals surface area contributed by atoms with E-state index >= 15 is 0 Å². The molecule has 2 aromatic carbocycles. The van der Waals surface area contributed by atoms with Gasteiger partial charge in [0, 0.05) is 11.8 Å². The molecule has 0 amide bonds. The summed E-state index contributed by atoms with van der Waals surface area (Å²) in [6.07, 6.45) is 6.12. The molecule has 0 aliphatic heterocycles. The summed E-state index contributed by atoms with van der Waals surface area (Å²) in [6, 6.07) is 23.2. The topological polar surface area (TPSA) is 12.9 Å². The highest BCUT2D eigenvalue weighted by Crippen LogP contribution is 2.25. The maximum atomic E-state index is 4.60. The molecular weight excluding hydrogens is 290 g/mol. The largest absolute Gasteiger partial charge is 0.256 e. The molecule has 0 N–H and O–H groups in total. The summed E-state index contributed by atoms with van der Waals surface area (Å²) < 4.78 is 0. The number of rotatable bonds is 3. The first-order valence-electron chi connectivity index (χ1n) is 8.32. The molecule has 0 radical (unpaired) electrons. The predicted molar refractivity (Wildman–Crippen MR) is 104 cm³/mol. The molecule has 3 rings (SSSR count). The van der Waals surface area contributed by atoms with E-state index in [0.29, 0.717) is 0 Å². The van der Waals surface area contributed by atoms with Gasteiger partial charge in [-0.1, -0.05) is 93.6 Å². The summed E-state index contributed by atoms with van der Waals surface area (Å²) in [5.41, 5.74) is 5.98. The zero-order valence-corrected chi connectivity index (χ0v) is 14.5. The molecule has 0 aliphatic rings. The molecule has 0 saturated heterocycles. The number of nitrogens with zero attached hydrogens (tertiary/aromatic N) is 1. The minimum atomic E-state index is 0.179. The van der Waals surface area contributed by atoms with E-state index in [1.54, 1.807) is 0 Å². The normalized spacial score (nSPS) is 11.8. The van der Waals surface area contributed by atoms with Crippen molar-refractivity contribution in [2.75, 3.05) is 0 Å². The fourth-order valence-corrected chi connectivity index (χ4v) is 2.57. The maximum absolute atomic E-state index is 4.60. The van der Waals surface area contributed by atoms with E-state index in [9.17, 15) is 0 Å². The molecule has 0 unspecified atom stereocenters. The van der Waals surface area contributed by atoms with Crippen molar-refractivity contribution in [3.05, 3.63) is 89.6 Å². The van der Waals surface area contributed by atoms with E-state index in [0.717, 1.165) is 16.8 Å². The van der Waals surface area contributed by atoms with Crippen molar-refractivity contribution in [3.63, 3.8) is 0 Å². The molecule has 3 aromatic rings. The van der Waals surface area contributed by atoms with Gasteiger partial charge in [0.25, 0.3) is 0 Å². The second-order valence-electron chi connectivity index (χ2n) is 7.05. The van der Waals surface area contributed by atoms with Crippen molar-refractivity contribution in [1.29, 1.82) is 0 Å². The summed E-state index contributed by atoms with van der Waals surface area (Å²) in [6.45, 7) is 6.69. The van der Waals surface area contributed by atoms with Crippen LogP contribution in [-0.4, -0.2) is 4.98 Å². The smallest absolute Gasteiger partial charge is 0.0702 e. The average molecular weight is 313 g/mol. The molecule has 0 bridgehead atoms. The van der Waals surface area contributed by atoms with Crippen molar-refractivity contribution >= 4 is 12.2 Å². The summed E-state index contributed by atoms with van der Waals surface area (Å²) >= 11 is 0. The quantitative estimate of drug-likeness (QED) is 0.559. The molecule has 0 saturated carbocycles. The van der Waals surface area contributed by atoms with Crippen LogP contribution in [0.4, 0.5) is 0 Å². The van der Waals surface area contributed by atoms with Crippen LogP contribution in [0, 0.1) is 0 Å². The third kappa shape index (κ3) is 3.99. The van der Waals surface area contributed by atoms with Crippen LogP contribution in [0.5, 0.6) is 0 Å². The number of hydrogen-bond acceptors (Lipinski definition) is 1. The SMILES string of the molecule is CC(C)(C)c1ccc(-c2ccc(/C=C/c3ccccc3)cn2)cc1. The van der Waals surface area contributed by atoms with E-state index in [1.165, 1.54) is 11.1 Å². The van der Waals surface area contributed by atoms with Gasteiger partial charge in [0.15, 0.2) is 0 Å². The lowest BCUT2D eigenvalue weighted by Gasteiger charge is -2.19. The van der Waals surface area contributed by atoms with Crippen molar-refractivity contribution < 1.29 is 0 Å². The van der Waals surface area contributed by atoms with E-state index in [1.807, 2.05) is 24.4 Å². The van der Waals surface area contributed by atoms with Crippen LogP contribution < -0.4 is 0 Å². The minimum Gasteiger partial charge on any atom is -0.256 e. The maximum Gasteiger partial charge on any atom is 0.0702 e. The van der Waals surface area contributed by atoms with Gasteiger partial charge in [-0.15, -0.1) is 0 Å². The Morgan fingerprint density at radius 3 is 1.96 bits per heavy atom. The van der Waals surface area contributed by atoms with Crippen molar-refractivity contribution in [2.45, 2.75) is 26.2 Å². The summed E-state index contributed by atoms with van der Waals surface area (Å²) in [7, 11) is 0. The minimum absolute atomic E-state index is 0.179. The summed E-state index contributed by atoms with van der Waals surface area (Å²) in [5, 5.41) is 0. The molecule has 1 heterocycles. The standard InChI is InChI=1S/C23H23N/c1-23(2,3)21-14-12-20(13-15-21)22-16-11-19(17-24-22)10-9-18-7-5-4-6-8-18/h4-17H,1-3H3/b10-9+. The van der Waals surface area contributed by atoms with Gasteiger partial charge in [0.05, 0.1) is 5.69 Å². The van der Waals surface area contributed by atoms with Crippen LogP contribution in [0.1, 0.15) is 37.5 Å². The van der Waals surface area contributed by atoms with Crippen molar-refractivity contribution in [1.82, 2.24) is 4.98 Å². The highest BCUT2D eigenvalue weighted by atomic mass is 14.7. The van der Waals surface area contributed by atoms with E-state index < -0.39 is 0 Å². The van der Waals surface area contributed by atoms with Gasteiger partial charge in [-0.25, -0.2) is 0 Å². The van der Waals surface area contributed by atoms with Crippen LogP contribution in [0.25, 0.3) is 23.4 Å². The fourth-order valence-electron chi connectivity index (χ4n) is 2.57. The summed E-state index contributed by atoms with van der Waals surface area (Å²) in [5.74, 6) is 0. The Labute approximate surface area is 144 Å². The molecule has 0 aliphatic carbocycles. The second kappa shape index (κ2) is 6.84. The Kier molecular flexibility index (Phi) is 4.61. The first kappa shape index (κ1) is 16.2. The number of pyridine rings is 1. The molecule has 0 fully saturated rings. The van der Waals surface area contributed by atoms with Crippen molar-refractivity contribution in [2.24, 2.45) is 0 Å². The second-order valence-corrected chi connectivity index (χ2v) is 7.05. The molecule has 120 valence electrons. The molecule has 1 aromatic heterocycles. The number of hydrogen-bond donors (Lipinski definition) is 0. The highest BCUT2D eigenvalue weighted by molar-refractivity contribution is 5.70. The molecule has 0 atom stereocenters. The van der Waals surface area contributed by atoms with Crippen LogP contribution >= 0.6 is 0 Å². The summed E-state index contributed by atoms with van der Waals surface area (Å²) in [4.78, 5) is 4.60. The predicted octanol–water partition coefficient (Wildman–Crippen LogP) is 6.22. The van der Waals surface area contributed by atoms with Crippen LogP contribution in [-0.2, 0) is 5.41 Å². The fraction of sp³-hybridized carbons (Fsp3) is 0.174. The van der Waals surface area contributed by atoms with E-state index in [2.05, 4.69) is 86.4 Å². The lowest BCUT2D eigenvalue weighted by atomic mass is 9.86. The van der Waals surface area contributed by atoms with Gasteiger partial charge in [0.1, 0.15) is 0 Å². The van der Waals surface area contributed by atoms with Crippen LogP contribution in [0.2, 0.25) is 0 Å². The Balaban J connectivity index is 1.76. The monoisotopic (exact) mass is 313 g/mol. The Morgan fingerprint density at radius 1 is 0.708 bits per heavy atom. The van der Waals surface area contributed by atoms with Gasteiger partial charge in [0.2, 0.25) is 0 Å². The number of benzene rings is 2. The Bertz CT molecular complexity index is 805. The third-order valence-electron chi connectivity index (χ3n) is 4.10. The highest BCUT2D eigenvalue weighted by Gasteiger charge is 2.13. The lowest BCUT2D eigenvalue weighted by Crippen LogP contribution is -2.10. The third-order valence-corrected chi connectivity index (χ3v) is 4.10. The Morgan fingerprint density at radius 2 is 1.38 bits per heavy atom. The van der Waals surface area contributed by atoms with Gasteiger partial charge in [-0.05, 0) is 28.2 Å². The van der Waals surface area contributed by atoms with Crippen molar-refractivity contribution in [3.8, 4) is 11.3 Å². The Hall–Kier alpha value is -2.67. The van der Waals surface area contributed by atoms with Crippen LogP contribution in [0.15, 0.2) is 72.9 Å². The van der Waals surface area contributed by atoms with E-state index in [4.69, 9.17) is 0 Å². The zero-order chi connectivity index (χ0) is 17.0.